The van der Waals surface area contributed by atoms with Crippen LogP contribution >= 0.6 is 0 Å². The van der Waals surface area contributed by atoms with Gasteiger partial charge in [0.05, 0.1) is 11.9 Å². The van der Waals surface area contributed by atoms with Gasteiger partial charge in [0.2, 0.25) is 0 Å². The third kappa shape index (κ3) is 4.15. The first kappa shape index (κ1) is 13.6. The van der Waals surface area contributed by atoms with Gasteiger partial charge in [-0.3, -0.25) is 4.98 Å². The van der Waals surface area contributed by atoms with Crippen molar-refractivity contribution < 1.29 is 0 Å². The molecule has 1 heterocycles. The fourth-order valence-corrected chi connectivity index (χ4v) is 1.58. The first-order valence-corrected chi connectivity index (χ1v) is 6.08. The van der Waals surface area contributed by atoms with E-state index in [-0.39, 0.29) is 0 Å². The number of nitrogens with zero attached hydrogens (tertiary/aromatic N) is 3. The van der Waals surface area contributed by atoms with Crippen molar-refractivity contribution in [3.63, 3.8) is 0 Å². The molecule has 4 nitrogen and oxygen atoms in total. The van der Waals surface area contributed by atoms with Gasteiger partial charge in [-0.1, -0.05) is 13.0 Å². The summed E-state index contributed by atoms with van der Waals surface area (Å²) >= 11 is 0. The molecule has 4 heteroatoms. The summed E-state index contributed by atoms with van der Waals surface area (Å²) in [5.41, 5.74) is 0.971. The van der Waals surface area contributed by atoms with Crippen molar-refractivity contribution in [1.82, 2.24) is 15.3 Å². The monoisotopic (exact) mass is 234 g/mol. The first-order chi connectivity index (χ1) is 8.19. The molecule has 17 heavy (non-hydrogen) atoms. The fourth-order valence-electron chi connectivity index (χ4n) is 1.58. The Morgan fingerprint density at radius 1 is 1.47 bits per heavy atom. The maximum absolute atomic E-state index is 4.60. The van der Waals surface area contributed by atoms with Gasteiger partial charge in [0.25, 0.3) is 0 Å². The maximum atomic E-state index is 4.60. The number of nitrogens with one attached hydrogen (secondary N) is 1. The lowest BCUT2D eigenvalue weighted by Crippen LogP contribution is -2.32. The molecule has 94 valence electrons. The number of anilines is 1. The zero-order valence-electron chi connectivity index (χ0n) is 11.0. The Morgan fingerprint density at radius 2 is 2.24 bits per heavy atom. The lowest BCUT2D eigenvalue weighted by molar-refractivity contribution is 0.684. The number of rotatable bonds is 7. The molecule has 0 unspecified atom stereocenters. The summed E-state index contributed by atoms with van der Waals surface area (Å²) in [7, 11) is 0. The second-order valence-electron chi connectivity index (χ2n) is 4.18. The van der Waals surface area contributed by atoms with E-state index >= 15 is 0 Å². The maximum Gasteiger partial charge on any atom is 0.147 e. The van der Waals surface area contributed by atoms with Gasteiger partial charge in [0, 0.05) is 25.3 Å². The van der Waals surface area contributed by atoms with Crippen LogP contribution in [-0.2, 0) is 6.54 Å². The Bertz CT molecular complexity index is 349. The first-order valence-electron chi connectivity index (χ1n) is 6.08. The van der Waals surface area contributed by atoms with E-state index in [0.29, 0.717) is 6.04 Å². The Morgan fingerprint density at radius 3 is 2.82 bits per heavy atom. The minimum Gasteiger partial charge on any atom is -0.349 e. The van der Waals surface area contributed by atoms with Crippen LogP contribution in [0, 0.1) is 0 Å². The minimum atomic E-state index is 0.386. The van der Waals surface area contributed by atoms with E-state index in [4.69, 9.17) is 0 Å². The molecule has 0 spiro atoms. The topological polar surface area (TPSA) is 41.1 Å². The summed E-state index contributed by atoms with van der Waals surface area (Å²) in [5, 5.41) is 3.25. The van der Waals surface area contributed by atoms with Gasteiger partial charge in [0.15, 0.2) is 0 Å². The molecule has 0 bridgehead atoms. The Labute approximate surface area is 104 Å². The summed E-state index contributed by atoms with van der Waals surface area (Å²) in [6, 6.07) is 0.386. The van der Waals surface area contributed by atoms with Crippen LogP contribution in [0.15, 0.2) is 25.0 Å². The molecule has 0 aromatic carbocycles. The SMILES string of the molecule is C=CCN(c1cncc(CNCC)n1)C(C)C. The standard InChI is InChI=1S/C13H22N4/c1-5-7-17(11(3)4)13-10-15-9-12(16-13)8-14-6-2/h5,9-11,14H,1,6-8H2,2-4H3. The van der Waals surface area contributed by atoms with Crippen molar-refractivity contribution in [1.29, 1.82) is 0 Å². The fraction of sp³-hybridized carbons (Fsp3) is 0.538. The van der Waals surface area contributed by atoms with Crippen LogP contribution in [0.4, 0.5) is 5.82 Å². The molecular weight excluding hydrogens is 212 g/mol. The molecule has 0 aliphatic carbocycles. The van der Waals surface area contributed by atoms with E-state index in [0.717, 1.165) is 31.1 Å². The molecule has 1 aromatic rings. The smallest absolute Gasteiger partial charge is 0.147 e. The number of hydrogen-bond donors (Lipinski definition) is 1. The van der Waals surface area contributed by atoms with Gasteiger partial charge in [-0.25, -0.2) is 4.98 Å². The highest BCUT2D eigenvalue weighted by molar-refractivity contribution is 5.38. The summed E-state index contributed by atoms with van der Waals surface area (Å²) < 4.78 is 0. The third-order valence-corrected chi connectivity index (χ3v) is 2.47. The van der Waals surface area contributed by atoms with Crippen molar-refractivity contribution in [3.05, 3.63) is 30.7 Å². The Balaban J connectivity index is 2.83. The van der Waals surface area contributed by atoms with Crippen molar-refractivity contribution in [2.45, 2.75) is 33.4 Å². The minimum absolute atomic E-state index is 0.386. The molecule has 0 radical (unpaired) electrons. The van der Waals surface area contributed by atoms with Crippen molar-refractivity contribution in [3.8, 4) is 0 Å². The molecular formula is C13H22N4. The van der Waals surface area contributed by atoms with Gasteiger partial charge >= 0.3 is 0 Å². The second-order valence-corrected chi connectivity index (χ2v) is 4.18. The highest BCUT2D eigenvalue weighted by Gasteiger charge is 2.10. The molecule has 0 aliphatic rings. The zero-order chi connectivity index (χ0) is 12.7. The highest BCUT2D eigenvalue weighted by atomic mass is 15.2. The largest absolute Gasteiger partial charge is 0.349 e. The Hall–Kier alpha value is -1.42. The molecule has 0 saturated heterocycles. The van der Waals surface area contributed by atoms with Gasteiger partial charge < -0.3 is 10.2 Å². The van der Waals surface area contributed by atoms with Crippen molar-refractivity contribution in [2.75, 3.05) is 18.0 Å². The van der Waals surface area contributed by atoms with Gasteiger partial charge in [0.1, 0.15) is 5.82 Å². The molecule has 0 atom stereocenters. The molecule has 1 N–H and O–H groups in total. The van der Waals surface area contributed by atoms with E-state index in [1.165, 1.54) is 0 Å². The van der Waals surface area contributed by atoms with Crippen LogP contribution in [0.3, 0.4) is 0 Å². The summed E-state index contributed by atoms with van der Waals surface area (Å²) in [4.78, 5) is 11.0. The van der Waals surface area contributed by atoms with E-state index in [1.807, 2.05) is 6.08 Å². The van der Waals surface area contributed by atoms with Crippen LogP contribution in [0.2, 0.25) is 0 Å². The Kier molecular flexibility index (Phi) is 5.63. The zero-order valence-corrected chi connectivity index (χ0v) is 11.0. The van der Waals surface area contributed by atoms with E-state index in [1.54, 1.807) is 12.4 Å². The molecule has 0 aliphatic heterocycles. The summed E-state index contributed by atoms with van der Waals surface area (Å²) in [5.74, 6) is 0.912. The average Bonchev–Trinajstić information content (AvgIpc) is 2.33. The molecule has 0 amide bonds. The quantitative estimate of drug-likeness (QED) is 0.733. The lowest BCUT2D eigenvalue weighted by atomic mass is 10.3. The molecule has 0 fully saturated rings. The molecule has 1 rings (SSSR count). The van der Waals surface area contributed by atoms with Crippen LogP contribution in [0.1, 0.15) is 26.5 Å². The van der Waals surface area contributed by atoms with Crippen molar-refractivity contribution in [2.24, 2.45) is 0 Å². The predicted molar refractivity (Wildman–Crippen MR) is 72.1 cm³/mol. The van der Waals surface area contributed by atoms with Crippen molar-refractivity contribution >= 4 is 5.82 Å². The molecule has 0 saturated carbocycles. The van der Waals surface area contributed by atoms with E-state index in [9.17, 15) is 0 Å². The van der Waals surface area contributed by atoms with Gasteiger partial charge in [-0.05, 0) is 20.4 Å². The highest BCUT2D eigenvalue weighted by Crippen LogP contribution is 2.13. The third-order valence-electron chi connectivity index (χ3n) is 2.47. The average molecular weight is 234 g/mol. The second kappa shape index (κ2) is 7.01. The van der Waals surface area contributed by atoms with Crippen LogP contribution in [0.25, 0.3) is 0 Å². The van der Waals surface area contributed by atoms with Gasteiger partial charge in [-0.15, -0.1) is 6.58 Å². The van der Waals surface area contributed by atoms with E-state index < -0.39 is 0 Å². The number of hydrogen-bond acceptors (Lipinski definition) is 4. The predicted octanol–water partition coefficient (Wildman–Crippen LogP) is 1.99. The number of aromatic nitrogens is 2. The summed E-state index contributed by atoms with van der Waals surface area (Å²) in [6.45, 7) is 12.6. The lowest BCUT2D eigenvalue weighted by Gasteiger charge is -2.26. The van der Waals surface area contributed by atoms with Crippen LogP contribution in [0.5, 0.6) is 0 Å². The summed E-state index contributed by atoms with van der Waals surface area (Å²) in [6.07, 6.45) is 5.50. The van der Waals surface area contributed by atoms with E-state index in [2.05, 4.69) is 47.5 Å². The normalized spacial score (nSPS) is 10.6. The van der Waals surface area contributed by atoms with Crippen LogP contribution < -0.4 is 10.2 Å². The molecule has 1 aromatic heterocycles. The van der Waals surface area contributed by atoms with Gasteiger partial charge in [-0.2, -0.15) is 0 Å². The van der Waals surface area contributed by atoms with Crippen LogP contribution in [-0.4, -0.2) is 29.1 Å².